The summed E-state index contributed by atoms with van der Waals surface area (Å²) >= 11 is 11.9. The number of halogens is 2. The number of hydrogen-bond donors (Lipinski definition) is 1. The third-order valence-corrected chi connectivity index (χ3v) is 6.82. The minimum absolute atomic E-state index is 0.0319. The van der Waals surface area contributed by atoms with Gasteiger partial charge in [0.15, 0.2) is 0 Å². The molecule has 0 unspecified atom stereocenters. The van der Waals surface area contributed by atoms with Crippen LogP contribution in [0.1, 0.15) is 25.7 Å². The van der Waals surface area contributed by atoms with Gasteiger partial charge in [0.1, 0.15) is 4.90 Å². The molecule has 0 bridgehead atoms. The molecule has 1 aromatic rings. The Morgan fingerprint density at radius 2 is 1.82 bits per heavy atom. The van der Waals surface area contributed by atoms with E-state index in [0.717, 1.165) is 31.8 Å². The molecule has 0 amide bonds. The Labute approximate surface area is 141 Å². The van der Waals surface area contributed by atoms with Gasteiger partial charge in [-0.25, -0.2) is 13.1 Å². The van der Waals surface area contributed by atoms with Crippen LogP contribution in [0.5, 0.6) is 0 Å². The van der Waals surface area contributed by atoms with Gasteiger partial charge >= 0.3 is 0 Å². The lowest BCUT2D eigenvalue weighted by Crippen LogP contribution is -2.45. The maximum Gasteiger partial charge on any atom is 0.242 e. The molecule has 0 spiro atoms. The number of benzene rings is 1. The van der Waals surface area contributed by atoms with Gasteiger partial charge in [-0.1, -0.05) is 29.3 Å². The van der Waals surface area contributed by atoms with E-state index < -0.39 is 10.0 Å². The first kappa shape index (κ1) is 16.5. The third kappa shape index (κ3) is 3.95. The van der Waals surface area contributed by atoms with Crippen LogP contribution in [-0.4, -0.2) is 39.0 Å². The SMILES string of the molecule is O=S(=O)(NC1CCN(CC2CC2)CC1)c1cccc(Cl)c1Cl. The second-order valence-electron chi connectivity index (χ2n) is 6.19. The summed E-state index contributed by atoms with van der Waals surface area (Å²) in [6.45, 7) is 3.07. The number of hydrogen-bond acceptors (Lipinski definition) is 3. The monoisotopic (exact) mass is 362 g/mol. The Hall–Kier alpha value is -0.330. The van der Waals surface area contributed by atoms with Crippen molar-refractivity contribution < 1.29 is 8.42 Å². The van der Waals surface area contributed by atoms with Gasteiger partial charge in [-0.15, -0.1) is 0 Å². The predicted molar refractivity (Wildman–Crippen MR) is 89.0 cm³/mol. The van der Waals surface area contributed by atoms with E-state index in [1.807, 2.05) is 0 Å². The minimum Gasteiger partial charge on any atom is -0.303 e. The maximum atomic E-state index is 12.5. The van der Waals surface area contributed by atoms with E-state index in [0.29, 0.717) is 0 Å². The molecule has 2 fully saturated rings. The van der Waals surface area contributed by atoms with Crippen LogP contribution in [0.15, 0.2) is 23.1 Å². The minimum atomic E-state index is -3.63. The van der Waals surface area contributed by atoms with Gasteiger partial charge in [-0.05, 0) is 56.8 Å². The van der Waals surface area contributed by atoms with Crippen molar-refractivity contribution in [3.8, 4) is 0 Å². The van der Waals surface area contributed by atoms with Gasteiger partial charge in [-0.3, -0.25) is 0 Å². The molecule has 4 nitrogen and oxygen atoms in total. The van der Waals surface area contributed by atoms with Crippen LogP contribution in [0.2, 0.25) is 10.0 Å². The van der Waals surface area contributed by atoms with Crippen molar-refractivity contribution in [2.75, 3.05) is 19.6 Å². The Morgan fingerprint density at radius 1 is 1.14 bits per heavy atom. The fourth-order valence-corrected chi connectivity index (χ4v) is 4.94. The van der Waals surface area contributed by atoms with E-state index in [9.17, 15) is 8.42 Å². The predicted octanol–water partition coefficient (Wildman–Crippen LogP) is 3.15. The smallest absolute Gasteiger partial charge is 0.242 e. The molecule has 0 radical (unpaired) electrons. The molecule has 1 aliphatic heterocycles. The Kier molecular flexibility index (Phi) is 5.00. The highest BCUT2D eigenvalue weighted by Crippen LogP contribution is 2.31. The Balaban J connectivity index is 1.61. The molecule has 1 aliphatic carbocycles. The number of piperidine rings is 1. The van der Waals surface area contributed by atoms with Crippen molar-refractivity contribution in [2.24, 2.45) is 5.92 Å². The molecule has 22 heavy (non-hydrogen) atoms. The molecule has 1 saturated heterocycles. The third-order valence-electron chi connectivity index (χ3n) is 4.33. The van der Waals surface area contributed by atoms with E-state index in [1.165, 1.54) is 25.5 Å². The van der Waals surface area contributed by atoms with Crippen LogP contribution in [0.3, 0.4) is 0 Å². The summed E-state index contributed by atoms with van der Waals surface area (Å²) < 4.78 is 27.7. The Bertz CT molecular complexity index is 639. The summed E-state index contributed by atoms with van der Waals surface area (Å²) in [6, 6.07) is 4.63. The zero-order valence-electron chi connectivity index (χ0n) is 12.3. The molecule has 1 aromatic carbocycles. The summed E-state index contributed by atoms with van der Waals surface area (Å²) in [5.41, 5.74) is 0. The van der Waals surface area contributed by atoms with Crippen LogP contribution >= 0.6 is 23.2 Å². The summed E-state index contributed by atoms with van der Waals surface area (Å²) in [6.07, 6.45) is 4.37. The lowest BCUT2D eigenvalue weighted by atomic mass is 10.1. The largest absolute Gasteiger partial charge is 0.303 e. The van der Waals surface area contributed by atoms with Crippen molar-refractivity contribution in [2.45, 2.75) is 36.6 Å². The molecule has 1 N–H and O–H groups in total. The van der Waals surface area contributed by atoms with E-state index in [4.69, 9.17) is 23.2 Å². The average molecular weight is 363 g/mol. The molecule has 2 aliphatic rings. The van der Waals surface area contributed by atoms with Gasteiger partial charge in [0, 0.05) is 12.6 Å². The summed E-state index contributed by atoms with van der Waals surface area (Å²) in [7, 11) is -3.63. The topological polar surface area (TPSA) is 49.4 Å². The fraction of sp³-hybridized carbons (Fsp3) is 0.600. The zero-order chi connectivity index (χ0) is 15.7. The van der Waals surface area contributed by atoms with Crippen molar-refractivity contribution in [1.82, 2.24) is 9.62 Å². The van der Waals surface area contributed by atoms with Crippen molar-refractivity contribution in [3.63, 3.8) is 0 Å². The zero-order valence-corrected chi connectivity index (χ0v) is 14.6. The van der Waals surface area contributed by atoms with Gasteiger partial charge < -0.3 is 4.90 Å². The lowest BCUT2D eigenvalue weighted by Gasteiger charge is -2.32. The van der Waals surface area contributed by atoms with Crippen LogP contribution in [0, 0.1) is 5.92 Å². The summed E-state index contributed by atoms with van der Waals surface area (Å²) in [4.78, 5) is 2.50. The van der Waals surface area contributed by atoms with Gasteiger partial charge in [0.05, 0.1) is 10.0 Å². The number of nitrogens with zero attached hydrogens (tertiary/aromatic N) is 1. The fourth-order valence-electron chi connectivity index (χ4n) is 2.87. The van der Waals surface area contributed by atoms with Gasteiger partial charge in [-0.2, -0.15) is 0 Å². The highest BCUT2D eigenvalue weighted by Gasteiger charge is 2.29. The molecule has 0 atom stereocenters. The number of sulfonamides is 1. The van der Waals surface area contributed by atoms with E-state index in [-0.39, 0.29) is 21.0 Å². The summed E-state index contributed by atoms with van der Waals surface area (Å²) in [5.74, 6) is 0.874. The first-order chi connectivity index (χ1) is 10.5. The molecular weight excluding hydrogens is 343 g/mol. The first-order valence-corrected chi connectivity index (χ1v) is 9.88. The van der Waals surface area contributed by atoms with Crippen LogP contribution < -0.4 is 4.72 Å². The highest BCUT2D eigenvalue weighted by atomic mass is 35.5. The standard InChI is InChI=1S/C15H20Cl2N2O2S/c16-13-2-1-3-14(15(13)17)22(20,21)18-12-6-8-19(9-7-12)10-11-4-5-11/h1-3,11-12,18H,4-10H2. The second-order valence-corrected chi connectivity index (χ2v) is 8.66. The van der Waals surface area contributed by atoms with Gasteiger partial charge in [0.25, 0.3) is 0 Å². The average Bonchev–Trinajstić information content (AvgIpc) is 3.27. The number of nitrogens with one attached hydrogen (secondary N) is 1. The van der Waals surface area contributed by atoms with E-state index in [2.05, 4.69) is 9.62 Å². The van der Waals surface area contributed by atoms with Gasteiger partial charge in [0.2, 0.25) is 10.0 Å². The molecular formula is C15H20Cl2N2O2S. The van der Waals surface area contributed by atoms with E-state index >= 15 is 0 Å². The van der Waals surface area contributed by atoms with Crippen LogP contribution in [0.4, 0.5) is 0 Å². The number of likely N-dealkylation sites (tertiary alicyclic amines) is 1. The number of rotatable bonds is 5. The lowest BCUT2D eigenvalue weighted by molar-refractivity contribution is 0.200. The molecule has 0 aromatic heterocycles. The van der Waals surface area contributed by atoms with Crippen LogP contribution in [0.25, 0.3) is 0 Å². The Morgan fingerprint density at radius 3 is 2.45 bits per heavy atom. The molecule has 1 heterocycles. The normalized spacial score (nSPS) is 21.2. The first-order valence-electron chi connectivity index (χ1n) is 7.64. The van der Waals surface area contributed by atoms with Crippen molar-refractivity contribution >= 4 is 33.2 Å². The van der Waals surface area contributed by atoms with Crippen molar-refractivity contribution in [3.05, 3.63) is 28.2 Å². The maximum absolute atomic E-state index is 12.5. The molecule has 122 valence electrons. The second kappa shape index (κ2) is 6.65. The van der Waals surface area contributed by atoms with E-state index in [1.54, 1.807) is 12.1 Å². The molecule has 3 rings (SSSR count). The van der Waals surface area contributed by atoms with Crippen molar-refractivity contribution in [1.29, 1.82) is 0 Å². The van der Waals surface area contributed by atoms with Crippen LogP contribution in [-0.2, 0) is 10.0 Å². The molecule has 1 saturated carbocycles. The summed E-state index contributed by atoms with van der Waals surface area (Å²) in [5, 5.41) is 0.339. The molecule has 7 heteroatoms. The highest BCUT2D eigenvalue weighted by molar-refractivity contribution is 7.89. The quantitative estimate of drug-likeness (QED) is 0.874.